The number of aromatic nitrogens is 2. The third kappa shape index (κ3) is 2.52. The molecule has 1 N–H and O–H groups in total. The van der Waals surface area contributed by atoms with E-state index >= 15 is 0 Å². The van der Waals surface area contributed by atoms with Crippen LogP contribution >= 0.6 is 15.9 Å². The number of halogens is 1. The monoisotopic (exact) mass is 247 g/mol. The summed E-state index contributed by atoms with van der Waals surface area (Å²) in [6.07, 6.45) is 1.19. The van der Waals surface area contributed by atoms with Crippen LogP contribution in [0.2, 0.25) is 0 Å². The van der Waals surface area contributed by atoms with Gasteiger partial charge in [0.2, 0.25) is 0 Å². The topological polar surface area (TPSA) is 41.3 Å². The van der Waals surface area contributed by atoms with Gasteiger partial charge in [0.25, 0.3) is 0 Å². The minimum atomic E-state index is -0.503. The molecule has 0 aliphatic carbocycles. The Balaban J connectivity index is 2.81. The molecule has 0 fully saturated rings. The Morgan fingerprint density at radius 3 is 2.69 bits per heavy atom. The molecule has 74 valence electrons. The molecule has 0 spiro atoms. The van der Waals surface area contributed by atoms with E-state index in [1.165, 1.54) is 0 Å². The zero-order chi connectivity index (χ0) is 10.0. The number of rotatable bonds is 3. The van der Waals surface area contributed by atoms with Crippen LogP contribution in [0.3, 0.4) is 0 Å². The van der Waals surface area contributed by atoms with Crippen molar-refractivity contribution in [3.63, 3.8) is 0 Å². The van der Waals surface area contributed by atoms with E-state index in [1.807, 2.05) is 26.0 Å². The Morgan fingerprint density at radius 1 is 1.69 bits per heavy atom. The minimum absolute atomic E-state index is 0.503. The van der Waals surface area contributed by atoms with Gasteiger partial charge in [-0.15, -0.1) is 0 Å². The van der Waals surface area contributed by atoms with Crippen molar-refractivity contribution in [3.05, 3.63) is 16.4 Å². The molecule has 1 rings (SSSR count). The molecule has 1 aromatic heterocycles. The lowest BCUT2D eigenvalue weighted by Gasteiger charge is -2.16. The lowest BCUT2D eigenvalue weighted by atomic mass is 10.2. The second-order valence-corrected chi connectivity index (χ2v) is 4.13. The fraction of sp³-hybridized carbons (Fsp3) is 0.625. The summed E-state index contributed by atoms with van der Waals surface area (Å²) in [6, 6.07) is 0. The highest BCUT2D eigenvalue weighted by molar-refractivity contribution is 9.10. The lowest BCUT2D eigenvalue weighted by Crippen LogP contribution is -2.22. The zero-order valence-electron chi connectivity index (χ0n) is 8.03. The zero-order valence-corrected chi connectivity index (χ0v) is 9.61. The highest BCUT2D eigenvalue weighted by Crippen LogP contribution is 2.22. The summed E-state index contributed by atoms with van der Waals surface area (Å²) in [7, 11) is 5.67. The van der Waals surface area contributed by atoms with Crippen LogP contribution in [0.1, 0.15) is 11.8 Å². The number of hydrogen-bond acceptors (Lipinski definition) is 3. The average Bonchev–Trinajstić information content (AvgIpc) is 2.29. The molecular weight excluding hydrogens is 234 g/mol. The van der Waals surface area contributed by atoms with Crippen LogP contribution in [0.15, 0.2) is 10.7 Å². The minimum Gasteiger partial charge on any atom is -0.385 e. The summed E-state index contributed by atoms with van der Waals surface area (Å²) in [6.45, 7) is 0.595. The predicted molar refractivity (Wildman–Crippen MR) is 54.4 cm³/mol. The van der Waals surface area contributed by atoms with Crippen molar-refractivity contribution >= 4 is 15.9 Å². The first-order valence-electron chi connectivity index (χ1n) is 4.02. The molecule has 0 bridgehead atoms. The van der Waals surface area contributed by atoms with Crippen LogP contribution < -0.4 is 0 Å². The van der Waals surface area contributed by atoms with E-state index in [0.29, 0.717) is 6.54 Å². The van der Waals surface area contributed by atoms with Crippen LogP contribution in [-0.2, 0) is 7.05 Å². The molecule has 0 saturated heterocycles. The van der Waals surface area contributed by atoms with Gasteiger partial charge in [-0.25, -0.2) is 0 Å². The Bertz CT molecular complexity index is 265. The third-order valence-corrected chi connectivity index (χ3v) is 2.40. The van der Waals surface area contributed by atoms with E-state index < -0.39 is 6.10 Å². The Labute approximate surface area is 86.3 Å². The van der Waals surface area contributed by atoms with Gasteiger partial charge < -0.3 is 10.0 Å². The molecule has 0 amide bonds. The third-order valence-electron chi connectivity index (χ3n) is 1.79. The van der Waals surface area contributed by atoms with Crippen molar-refractivity contribution < 1.29 is 5.11 Å². The summed E-state index contributed by atoms with van der Waals surface area (Å²) >= 11 is 3.35. The first kappa shape index (κ1) is 10.7. The fourth-order valence-corrected chi connectivity index (χ4v) is 1.84. The lowest BCUT2D eigenvalue weighted by molar-refractivity contribution is 0.130. The maximum atomic E-state index is 9.81. The molecule has 1 atom stereocenters. The van der Waals surface area contributed by atoms with Gasteiger partial charge >= 0.3 is 0 Å². The van der Waals surface area contributed by atoms with Crippen molar-refractivity contribution in [2.24, 2.45) is 7.05 Å². The smallest absolute Gasteiger partial charge is 0.109 e. The van der Waals surface area contributed by atoms with Gasteiger partial charge in [-0.2, -0.15) is 5.10 Å². The van der Waals surface area contributed by atoms with Crippen LogP contribution in [0.25, 0.3) is 0 Å². The molecule has 0 saturated carbocycles. The summed E-state index contributed by atoms with van der Waals surface area (Å²) in [5.41, 5.74) is 0.814. The number of likely N-dealkylation sites (N-methyl/N-ethyl adjacent to an activating group) is 1. The van der Waals surface area contributed by atoms with Crippen molar-refractivity contribution in [2.75, 3.05) is 20.6 Å². The fourth-order valence-electron chi connectivity index (χ4n) is 1.23. The van der Waals surface area contributed by atoms with Gasteiger partial charge in [-0.05, 0) is 30.0 Å². The van der Waals surface area contributed by atoms with E-state index in [2.05, 4.69) is 21.0 Å². The second kappa shape index (κ2) is 4.21. The standard InChI is InChI=1S/C8H14BrN3O/c1-11(2)5-7(13)8-6(9)4-10-12(8)3/h4,7,13H,5H2,1-3H3. The SMILES string of the molecule is CN(C)CC(O)c1c(Br)cnn1C. The van der Waals surface area contributed by atoms with Crippen LogP contribution in [0.5, 0.6) is 0 Å². The van der Waals surface area contributed by atoms with E-state index in [1.54, 1.807) is 10.9 Å². The molecule has 1 aromatic rings. The molecule has 0 aliphatic heterocycles. The Morgan fingerprint density at radius 2 is 2.31 bits per heavy atom. The highest BCUT2D eigenvalue weighted by atomic mass is 79.9. The van der Waals surface area contributed by atoms with E-state index in [4.69, 9.17) is 0 Å². The highest BCUT2D eigenvalue weighted by Gasteiger charge is 2.16. The molecule has 0 aliphatic rings. The molecule has 4 nitrogen and oxygen atoms in total. The molecular formula is C8H14BrN3O. The van der Waals surface area contributed by atoms with Gasteiger partial charge in [0, 0.05) is 13.6 Å². The van der Waals surface area contributed by atoms with Gasteiger partial charge in [0.05, 0.1) is 16.4 Å². The Kier molecular flexibility index (Phi) is 3.47. The van der Waals surface area contributed by atoms with E-state index in [9.17, 15) is 5.11 Å². The molecule has 0 radical (unpaired) electrons. The molecule has 0 aromatic carbocycles. The quantitative estimate of drug-likeness (QED) is 0.859. The number of aliphatic hydroxyl groups is 1. The van der Waals surface area contributed by atoms with E-state index in [0.717, 1.165) is 10.2 Å². The van der Waals surface area contributed by atoms with Gasteiger partial charge in [-0.3, -0.25) is 4.68 Å². The number of aliphatic hydroxyl groups excluding tert-OH is 1. The Hall–Kier alpha value is -0.390. The van der Waals surface area contributed by atoms with Crippen LogP contribution in [0.4, 0.5) is 0 Å². The van der Waals surface area contributed by atoms with Crippen molar-refractivity contribution in [2.45, 2.75) is 6.10 Å². The van der Waals surface area contributed by atoms with E-state index in [-0.39, 0.29) is 0 Å². The van der Waals surface area contributed by atoms with Crippen molar-refractivity contribution in [1.82, 2.24) is 14.7 Å². The molecule has 5 heteroatoms. The summed E-state index contributed by atoms with van der Waals surface area (Å²) < 4.78 is 2.53. The molecule has 1 heterocycles. The van der Waals surface area contributed by atoms with Crippen molar-refractivity contribution in [3.8, 4) is 0 Å². The number of hydrogen-bond donors (Lipinski definition) is 1. The van der Waals surface area contributed by atoms with Gasteiger partial charge in [0.1, 0.15) is 6.10 Å². The average molecular weight is 248 g/mol. The predicted octanol–water partition coefficient (Wildman–Crippen LogP) is 0.778. The van der Waals surface area contributed by atoms with Crippen molar-refractivity contribution in [1.29, 1.82) is 0 Å². The maximum absolute atomic E-state index is 9.81. The van der Waals surface area contributed by atoms with Crippen LogP contribution in [-0.4, -0.2) is 40.4 Å². The molecule has 1 unspecified atom stereocenters. The molecule has 13 heavy (non-hydrogen) atoms. The first-order valence-corrected chi connectivity index (χ1v) is 4.82. The maximum Gasteiger partial charge on any atom is 0.109 e. The summed E-state index contributed by atoms with van der Waals surface area (Å²) in [4.78, 5) is 1.93. The van der Waals surface area contributed by atoms with Crippen LogP contribution in [0, 0.1) is 0 Å². The largest absolute Gasteiger partial charge is 0.385 e. The second-order valence-electron chi connectivity index (χ2n) is 3.28. The number of aryl methyl sites for hydroxylation is 1. The first-order chi connectivity index (χ1) is 6.02. The number of nitrogens with zero attached hydrogens (tertiary/aromatic N) is 3. The van der Waals surface area contributed by atoms with Gasteiger partial charge in [0.15, 0.2) is 0 Å². The summed E-state index contributed by atoms with van der Waals surface area (Å²) in [5, 5.41) is 13.8. The summed E-state index contributed by atoms with van der Waals surface area (Å²) in [5.74, 6) is 0. The van der Waals surface area contributed by atoms with Gasteiger partial charge in [-0.1, -0.05) is 0 Å². The normalized spacial score (nSPS) is 13.7.